The van der Waals surface area contributed by atoms with E-state index in [1.807, 2.05) is 18.2 Å². The minimum Gasteiger partial charge on any atom is -0.317 e. The molecule has 28 heavy (non-hydrogen) atoms. The van der Waals surface area contributed by atoms with Crippen molar-refractivity contribution in [2.24, 2.45) is 0 Å². The average Bonchev–Trinajstić information content (AvgIpc) is 2.97. The number of carbonyl (C=O) groups is 3. The lowest BCUT2D eigenvalue weighted by Gasteiger charge is -2.30. The third-order valence-electron chi connectivity index (χ3n) is 6.06. The van der Waals surface area contributed by atoms with Gasteiger partial charge < -0.3 is 5.32 Å². The minimum absolute atomic E-state index is 0. The van der Waals surface area contributed by atoms with E-state index in [-0.39, 0.29) is 36.5 Å². The molecule has 2 aromatic carbocycles. The lowest BCUT2D eigenvalue weighted by molar-refractivity contribution is -0.134. The molecule has 0 radical (unpaired) electrons. The third-order valence-corrected chi connectivity index (χ3v) is 6.06. The molecule has 1 unspecified atom stereocenters. The normalized spacial score (nSPS) is 22.4. The van der Waals surface area contributed by atoms with Crippen molar-refractivity contribution < 1.29 is 14.4 Å². The number of nitrogens with zero attached hydrogens (tertiary/aromatic N) is 1. The molecule has 2 saturated heterocycles. The van der Waals surface area contributed by atoms with Gasteiger partial charge in [-0.15, -0.1) is 12.4 Å². The van der Waals surface area contributed by atoms with Gasteiger partial charge in [0.1, 0.15) is 6.04 Å². The van der Waals surface area contributed by atoms with Crippen LogP contribution in [0.25, 0.3) is 10.8 Å². The second-order valence-electron chi connectivity index (χ2n) is 7.57. The first-order chi connectivity index (χ1) is 13.1. The molecule has 3 aliphatic rings. The van der Waals surface area contributed by atoms with Crippen molar-refractivity contribution in [3.63, 3.8) is 0 Å². The Balaban J connectivity index is 0.00000192. The fourth-order valence-corrected chi connectivity index (χ4v) is 4.75. The number of piperidine rings is 2. The minimum atomic E-state index is -0.629. The van der Waals surface area contributed by atoms with Crippen molar-refractivity contribution in [2.45, 2.75) is 37.6 Å². The number of halogens is 1. The summed E-state index contributed by atoms with van der Waals surface area (Å²) >= 11 is 0. The summed E-state index contributed by atoms with van der Waals surface area (Å²) in [5.74, 6) is -0.322. The van der Waals surface area contributed by atoms with E-state index in [0.717, 1.165) is 42.4 Å². The number of amides is 3. The second-order valence-corrected chi connectivity index (χ2v) is 7.57. The van der Waals surface area contributed by atoms with E-state index >= 15 is 0 Å². The van der Waals surface area contributed by atoms with Crippen LogP contribution in [0.1, 0.15) is 47.5 Å². The van der Waals surface area contributed by atoms with Gasteiger partial charge in [-0.25, -0.2) is 0 Å². The van der Waals surface area contributed by atoms with Crippen LogP contribution in [0, 0.1) is 0 Å². The van der Waals surface area contributed by atoms with Crippen molar-refractivity contribution in [1.82, 2.24) is 10.6 Å². The van der Waals surface area contributed by atoms with Gasteiger partial charge in [0.05, 0.1) is 5.69 Å². The summed E-state index contributed by atoms with van der Waals surface area (Å²) in [6, 6.07) is 9.33. The smallest absolute Gasteiger partial charge is 0.259 e. The number of imide groups is 1. The molecule has 3 amide bonds. The summed E-state index contributed by atoms with van der Waals surface area (Å²) in [5.41, 5.74) is 2.73. The van der Waals surface area contributed by atoms with Crippen LogP contribution in [-0.2, 0) is 9.59 Å². The number of nitrogens with one attached hydrogen (secondary N) is 2. The molecular formula is C21H22ClN3O3. The molecule has 0 aromatic heterocycles. The number of rotatable bonds is 2. The Labute approximate surface area is 169 Å². The van der Waals surface area contributed by atoms with Gasteiger partial charge in [-0.3, -0.25) is 24.6 Å². The summed E-state index contributed by atoms with van der Waals surface area (Å²) in [6.45, 7) is 2.02. The highest BCUT2D eigenvalue weighted by molar-refractivity contribution is 6.27. The van der Waals surface area contributed by atoms with Crippen LogP contribution >= 0.6 is 12.4 Å². The highest BCUT2D eigenvalue weighted by Gasteiger charge is 2.41. The van der Waals surface area contributed by atoms with Crippen LogP contribution in [0.2, 0.25) is 0 Å². The van der Waals surface area contributed by atoms with Crippen LogP contribution in [0.4, 0.5) is 5.69 Å². The standard InChI is InChI=1S/C21H21N3O3.ClH/c25-18-7-6-17(20(26)23-18)24-16-3-1-2-14-13(12-8-10-22-11-9-12)4-5-15(19(14)16)21(24)27;/h1-5,12,17,22H,6-11H2,(H,23,25,26);1H. The van der Waals surface area contributed by atoms with Crippen molar-refractivity contribution >= 4 is 46.6 Å². The first-order valence-electron chi connectivity index (χ1n) is 9.59. The Bertz CT molecular complexity index is 984. The quantitative estimate of drug-likeness (QED) is 0.760. The number of hydrogen-bond donors (Lipinski definition) is 2. The van der Waals surface area contributed by atoms with Gasteiger partial charge in [0.15, 0.2) is 0 Å². The summed E-state index contributed by atoms with van der Waals surface area (Å²) in [6.07, 6.45) is 2.79. The van der Waals surface area contributed by atoms with Crippen molar-refractivity contribution in [1.29, 1.82) is 0 Å². The topological polar surface area (TPSA) is 78.5 Å². The first kappa shape index (κ1) is 18.9. The lowest BCUT2D eigenvalue weighted by Crippen LogP contribution is -2.53. The average molecular weight is 400 g/mol. The first-order valence-corrected chi connectivity index (χ1v) is 9.59. The zero-order valence-electron chi connectivity index (χ0n) is 15.4. The van der Waals surface area contributed by atoms with E-state index in [1.165, 1.54) is 5.56 Å². The van der Waals surface area contributed by atoms with Crippen LogP contribution < -0.4 is 15.5 Å². The number of anilines is 1. The monoisotopic (exact) mass is 399 g/mol. The number of benzene rings is 2. The molecule has 2 fully saturated rings. The van der Waals surface area contributed by atoms with Gasteiger partial charge in [0.2, 0.25) is 11.8 Å². The van der Waals surface area contributed by atoms with Crippen LogP contribution in [0.15, 0.2) is 30.3 Å². The van der Waals surface area contributed by atoms with E-state index in [2.05, 4.69) is 22.8 Å². The van der Waals surface area contributed by atoms with E-state index in [1.54, 1.807) is 4.90 Å². The molecule has 0 saturated carbocycles. The highest BCUT2D eigenvalue weighted by Crippen LogP contribution is 2.43. The summed E-state index contributed by atoms with van der Waals surface area (Å²) in [4.78, 5) is 38.6. The third kappa shape index (κ3) is 2.79. The summed E-state index contributed by atoms with van der Waals surface area (Å²) in [5, 5.41) is 7.83. The Morgan fingerprint density at radius 1 is 0.964 bits per heavy atom. The van der Waals surface area contributed by atoms with Gasteiger partial charge >= 0.3 is 0 Å². The Hall–Kier alpha value is -2.44. The van der Waals surface area contributed by atoms with Crippen molar-refractivity contribution in [2.75, 3.05) is 18.0 Å². The molecule has 0 aliphatic carbocycles. The Morgan fingerprint density at radius 2 is 1.75 bits per heavy atom. The zero-order valence-corrected chi connectivity index (χ0v) is 16.2. The molecular weight excluding hydrogens is 378 g/mol. The van der Waals surface area contributed by atoms with E-state index in [0.29, 0.717) is 17.9 Å². The van der Waals surface area contributed by atoms with Gasteiger partial charge in [-0.2, -0.15) is 0 Å². The fraction of sp³-hybridized carbons (Fsp3) is 0.381. The molecule has 3 aliphatic heterocycles. The Kier molecular flexibility index (Phi) is 4.85. The molecule has 2 N–H and O–H groups in total. The van der Waals surface area contributed by atoms with Crippen LogP contribution in [0.5, 0.6) is 0 Å². The largest absolute Gasteiger partial charge is 0.317 e. The lowest BCUT2D eigenvalue weighted by atomic mass is 9.86. The maximum atomic E-state index is 13.1. The summed E-state index contributed by atoms with van der Waals surface area (Å²) in [7, 11) is 0. The second kappa shape index (κ2) is 7.18. The van der Waals surface area contributed by atoms with E-state index < -0.39 is 6.04 Å². The van der Waals surface area contributed by atoms with E-state index in [4.69, 9.17) is 0 Å². The number of hydrogen-bond acceptors (Lipinski definition) is 4. The molecule has 5 rings (SSSR count). The van der Waals surface area contributed by atoms with Gasteiger partial charge in [0, 0.05) is 17.4 Å². The SMILES string of the molecule is Cl.O=C1CCC(N2C(=O)c3ccc(C4CCNCC4)c4cccc2c34)C(=O)N1. The molecule has 146 valence electrons. The van der Waals surface area contributed by atoms with E-state index in [9.17, 15) is 14.4 Å². The maximum absolute atomic E-state index is 13.1. The van der Waals surface area contributed by atoms with Gasteiger partial charge in [0.25, 0.3) is 5.91 Å². The molecule has 6 nitrogen and oxygen atoms in total. The van der Waals surface area contributed by atoms with Crippen LogP contribution in [-0.4, -0.2) is 36.9 Å². The van der Waals surface area contributed by atoms with Gasteiger partial charge in [-0.05, 0) is 61.4 Å². The molecule has 3 heterocycles. The molecule has 0 spiro atoms. The molecule has 2 aromatic rings. The predicted octanol–water partition coefficient (Wildman–Crippen LogP) is 2.49. The van der Waals surface area contributed by atoms with Crippen molar-refractivity contribution in [3.05, 3.63) is 41.5 Å². The Morgan fingerprint density at radius 3 is 2.50 bits per heavy atom. The van der Waals surface area contributed by atoms with Gasteiger partial charge in [-0.1, -0.05) is 18.2 Å². The number of carbonyl (C=O) groups excluding carboxylic acids is 3. The zero-order chi connectivity index (χ0) is 18.5. The predicted molar refractivity (Wildman–Crippen MR) is 109 cm³/mol. The molecule has 7 heteroatoms. The molecule has 1 atom stereocenters. The molecule has 0 bridgehead atoms. The fourth-order valence-electron chi connectivity index (χ4n) is 4.75. The maximum Gasteiger partial charge on any atom is 0.259 e. The summed E-state index contributed by atoms with van der Waals surface area (Å²) < 4.78 is 0. The highest BCUT2D eigenvalue weighted by atomic mass is 35.5. The van der Waals surface area contributed by atoms with Crippen molar-refractivity contribution in [3.8, 4) is 0 Å². The van der Waals surface area contributed by atoms with Crippen LogP contribution in [0.3, 0.4) is 0 Å².